The molecule has 0 nitrogen and oxygen atoms in total. The fourth-order valence-corrected chi connectivity index (χ4v) is 2.27. The topological polar surface area (TPSA) is 0 Å². The summed E-state index contributed by atoms with van der Waals surface area (Å²) >= 11 is 17.6. The minimum atomic E-state index is -0.656. The molecule has 2 aromatic carbocycles. The van der Waals surface area contributed by atoms with Crippen molar-refractivity contribution in [3.8, 4) is 0 Å². The first-order valence-corrected chi connectivity index (χ1v) is 6.97. The smallest absolute Gasteiger partial charge is 0.133 e. The van der Waals surface area contributed by atoms with Crippen molar-refractivity contribution in [1.29, 1.82) is 0 Å². The summed E-state index contributed by atoms with van der Waals surface area (Å²) in [5, 5.41) is 0.832. The zero-order chi connectivity index (χ0) is 14.7. The highest BCUT2D eigenvalue weighted by molar-refractivity contribution is 6.42. The van der Waals surface area contributed by atoms with Crippen LogP contribution < -0.4 is 0 Å². The average Bonchev–Trinajstić information content (AvgIpc) is 2.41. The summed E-state index contributed by atoms with van der Waals surface area (Å²) in [4.78, 5) is 0. The van der Waals surface area contributed by atoms with Crippen LogP contribution in [-0.2, 0) is 0 Å². The number of hydrogen-bond donors (Lipinski definition) is 0. The molecule has 0 heterocycles. The number of rotatable bonds is 3. The van der Waals surface area contributed by atoms with Crippen LogP contribution in [0, 0.1) is 11.6 Å². The van der Waals surface area contributed by atoms with E-state index >= 15 is 0 Å². The second kappa shape index (κ2) is 6.57. The molecule has 0 saturated carbocycles. The number of alkyl halides is 1. The van der Waals surface area contributed by atoms with E-state index in [0.717, 1.165) is 11.6 Å². The quantitative estimate of drug-likeness (QED) is 0.474. The fraction of sp³-hybridized carbons (Fsp3) is 0.0667. The molecular formula is C15H9Cl3F2. The Balaban J connectivity index is 2.45. The van der Waals surface area contributed by atoms with Gasteiger partial charge >= 0.3 is 0 Å². The number of benzene rings is 2. The van der Waals surface area contributed by atoms with E-state index in [4.69, 9.17) is 34.8 Å². The summed E-state index contributed by atoms with van der Waals surface area (Å²) in [6, 6.07) is 8.40. The molecule has 0 radical (unpaired) electrons. The molecule has 2 rings (SSSR count). The number of allylic oxidation sites excluding steroid dienone is 1. The second-order valence-electron chi connectivity index (χ2n) is 4.10. The van der Waals surface area contributed by atoms with Gasteiger partial charge in [0.1, 0.15) is 11.6 Å². The van der Waals surface area contributed by atoms with Gasteiger partial charge in [0.25, 0.3) is 0 Å². The molecule has 104 valence electrons. The third kappa shape index (κ3) is 3.51. The lowest BCUT2D eigenvalue weighted by atomic mass is 10.0. The maximum Gasteiger partial charge on any atom is 0.133 e. The lowest BCUT2D eigenvalue weighted by molar-refractivity contribution is 0.581. The van der Waals surface area contributed by atoms with Crippen LogP contribution in [0.25, 0.3) is 11.6 Å². The van der Waals surface area contributed by atoms with Crippen molar-refractivity contribution in [3.63, 3.8) is 0 Å². The number of hydrogen-bond acceptors (Lipinski definition) is 0. The molecule has 0 unspecified atom stereocenters. The monoisotopic (exact) mass is 332 g/mol. The zero-order valence-corrected chi connectivity index (χ0v) is 12.4. The molecule has 0 atom stereocenters. The van der Waals surface area contributed by atoms with E-state index < -0.39 is 11.6 Å². The summed E-state index contributed by atoms with van der Waals surface area (Å²) in [6.07, 6.45) is 1.69. The maximum absolute atomic E-state index is 13.7. The van der Waals surface area contributed by atoms with Crippen molar-refractivity contribution in [2.24, 2.45) is 0 Å². The van der Waals surface area contributed by atoms with Crippen LogP contribution in [0.1, 0.15) is 11.1 Å². The third-order valence-electron chi connectivity index (χ3n) is 2.71. The van der Waals surface area contributed by atoms with Crippen LogP contribution in [0.3, 0.4) is 0 Å². The third-order valence-corrected chi connectivity index (χ3v) is 3.73. The Morgan fingerprint density at radius 1 is 1.00 bits per heavy atom. The Hall–Kier alpha value is -1.09. The van der Waals surface area contributed by atoms with Crippen molar-refractivity contribution < 1.29 is 8.78 Å². The largest absolute Gasteiger partial charge is 0.207 e. The van der Waals surface area contributed by atoms with Crippen LogP contribution in [0.5, 0.6) is 0 Å². The van der Waals surface area contributed by atoms with Gasteiger partial charge < -0.3 is 0 Å². The molecule has 0 saturated heterocycles. The Morgan fingerprint density at radius 3 is 2.35 bits per heavy atom. The van der Waals surface area contributed by atoms with E-state index in [0.29, 0.717) is 15.6 Å². The highest BCUT2D eigenvalue weighted by Gasteiger charge is 2.09. The Bertz CT molecular complexity index is 666. The molecule has 0 N–H and O–H groups in total. The van der Waals surface area contributed by atoms with Gasteiger partial charge in [0.2, 0.25) is 0 Å². The van der Waals surface area contributed by atoms with Crippen LogP contribution in [-0.4, -0.2) is 5.88 Å². The predicted molar refractivity (Wildman–Crippen MR) is 81.4 cm³/mol. The van der Waals surface area contributed by atoms with Crippen molar-refractivity contribution in [1.82, 2.24) is 0 Å². The minimum Gasteiger partial charge on any atom is -0.207 e. The first-order chi connectivity index (χ1) is 9.51. The van der Waals surface area contributed by atoms with Crippen molar-refractivity contribution in [2.45, 2.75) is 0 Å². The van der Waals surface area contributed by atoms with Gasteiger partial charge in [-0.25, -0.2) is 8.78 Å². The molecule has 0 aliphatic heterocycles. The normalized spacial score (nSPS) is 11.8. The summed E-state index contributed by atoms with van der Waals surface area (Å²) in [6.45, 7) is 0. The van der Waals surface area contributed by atoms with Gasteiger partial charge in [-0.15, -0.1) is 11.6 Å². The molecule has 0 aliphatic carbocycles. The van der Waals surface area contributed by atoms with Gasteiger partial charge in [0, 0.05) is 17.5 Å². The molecule has 2 aromatic rings. The Morgan fingerprint density at radius 2 is 1.75 bits per heavy atom. The lowest BCUT2D eigenvalue weighted by Gasteiger charge is -2.07. The molecule has 5 heteroatoms. The summed E-state index contributed by atoms with van der Waals surface area (Å²) in [5.74, 6) is -1.20. The summed E-state index contributed by atoms with van der Waals surface area (Å²) < 4.78 is 26.7. The average molecular weight is 334 g/mol. The highest BCUT2D eigenvalue weighted by Crippen LogP contribution is 2.27. The molecular weight excluding hydrogens is 325 g/mol. The standard InChI is InChI=1S/C15H9Cl3F2/c16-8-10(12-3-2-11(19)7-15(12)20)5-9-1-4-13(17)14(18)6-9/h1-7H,8H2. The van der Waals surface area contributed by atoms with E-state index in [2.05, 4.69) is 0 Å². The van der Waals surface area contributed by atoms with Gasteiger partial charge in [-0.1, -0.05) is 29.3 Å². The molecule has 0 bridgehead atoms. The van der Waals surface area contributed by atoms with Gasteiger partial charge in [-0.05, 0) is 41.5 Å². The summed E-state index contributed by atoms with van der Waals surface area (Å²) in [5.41, 5.74) is 1.52. The fourth-order valence-electron chi connectivity index (χ4n) is 1.74. The Kier molecular flexibility index (Phi) is 5.03. The van der Waals surface area contributed by atoms with Crippen molar-refractivity contribution in [3.05, 3.63) is 69.2 Å². The SMILES string of the molecule is Fc1ccc(C(=Cc2ccc(Cl)c(Cl)c2)CCl)c(F)c1. The maximum atomic E-state index is 13.7. The number of halogens is 5. The molecule has 0 aliphatic rings. The highest BCUT2D eigenvalue weighted by atomic mass is 35.5. The molecule has 20 heavy (non-hydrogen) atoms. The van der Waals surface area contributed by atoms with Gasteiger partial charge in [0.15, 0.2) is 0 Å². The molecule has 0 amide bonds. The summed E-state index contributed by atoms with van der Waals surface area (Å²) in [7, 11) is 0. The molecule has 0 aromatic heterocycles. The van der Waals surface area contributed by atoms with Crippen molar-refractivity contribution >= 4 is 46.5 Å². The van der Waals surface area contributed by atoms with E-state index in [1.54, 1.807) is 24.3 Å². The zero-order valence-electron chi connectivity index (χ0n) is 10.1. The van der Waals surface area contributed by atoms with Crippen molar-refractivity contribution in [2.75, 3.05) is 5.88 Å². The van der Waals surface area contributed by atoms with Crippen LogP contribution >= 0.6 is 34.8 Å². The van der Waals surface area contributed by atoms with Crippen LogP contribution in [0.15, 0.2) is 36.4 Å². The van der Waals surface area contributed by atoms with E-state index in [9.17, 15) is 8.78 Å². The van der Waals surface area contributed by atoms with E-state index in [1.807, 2.05) is 0 Å². The predicted octanol–water partition coefficient (Wildman–Crippen LogP) is 6.05. The second-order valence-corrected chi connectivity index (χ2v) is 5.18. The minimum absolute atomic E-state index is 0.0861. The lowest BCUT2D eigenvalue weighted by Crippen LogP contribution is -1.93. The van der Waals surface area contributed by atoms with Crippen LogP contribution in [0.2, 0.25) is 10.0 Å². The molecule has 0 spiro atoms. The van der Waals surface area contributed by atoms with E-state index in [-0.39, 0.29) is 11.4 Å². The van der Waals surface area contributed by atoms with Gasteiger partial charge in [-0.3, -0.25) is 0 Å². The van der Waals surface area contributed by atoms with Gasteiger partial charge in [-0.2, -0.15) is 0 Å². The first-order valence-electron chi connectivity index (χ1n) is 5.68. The van der Waals surface area contributed by atoms with E-state index in [1.165, 1.54) is 12.1 Å². The van der Waals surface area contributed by atoms with Gasteiger partial charge in [0.05, 0.1) is 10.0 Å². The Labute approximate surface area is 130 Å². The van der Waals surface area contributed by atoms with Crippen LogP contribution in [0.4, 0.5) is 8.78 Å². The first kappa shape index (κ1) is 15.3. The molecule has 0 fully saturated rings.